The highest BCUT2D eigenvalue weighted by molar-refractivity contribution is 5.62. The highest BCUT2D eigenvalue weighted by Crippen LogP contribution is 2.38. The van der Waals surface area contributed by atoms with Gasteiger partial charge in [-0.1, -0.05) is 26.0 Å². The predicted molar refractivity (Wildman–Crippen MR) is 65.7 cm³/mol. The molecule has 1 heterocycles. The lowest BCUT2D eigenvalue weighted by atomic mass is 9.84. The Balaban J connectivity index is 2.16. The zero-order valence-electron chi connectivity index (χ0n) is 10.2. The van der Waals surface area contributed by atoms with Crippen LogP contribution in [0.15, 0.2) is 18.2 Å². The van der Waals surface area contributed by atoms with E-state index in [1.165, 1.54) is 5.56 Å². The summed E-state index contributed by atoms with van der Waals surface area (Å²) in [6, 6.07) is 6.01. The van der Waals surface area contributed by atoms with Crippen LogP contribution in [0.2, 0.25) is 0 Å². The molecule has 1 aromatic carbocycles. The average Bonchev–Trinajstić information content (AvgIpc) is 2.55. The molecule has 1 aliphatic heterocycles. The molecule has 0 aromatic heterocycles. The molecule has 0 atom stereocenters. The smallest absolute Gasteiger partial charge is 0.250 e. The van der Waals surface area contributed by atoms with Crippen molar-refractivity contribution in [2.45, 2.75) is 32.2 Å². The number of hydrogen-bond acceptors (Lipinski definition) is 2. The van der Waals surface area contributed by atoms with Crippen molar-refractivity contribution in [3.63, 3.8) is 0 Å². The Kier molecular flexibility index (Phi) is 3.33. The number of hydrogen-bond donors (Lipinski definition) is 2. The molecule has 2 rings (SSSR count). The SMILES string of the molecule is CC1(C)CNc2cccc(CNCC(F)F)c21. The Morgan fingerprint density at radius 2 is 2.18 bits per heavy atom. The Bertz CT molecular complexity index is 402. The molecule has 0 unspecified atom stereocenters. The minimum atomic E-state index is -2.29. The van der Waals surface area contributed by atoms with Crippen LogP contribution >= 0.6 is 0 Å². The number of benzene rings is 1. The lowest BCUT2D eigenvalue weighted by Gasteiger charge is -2.21. The molecule has 0 spiro atoms. The fourth-order valence-electron chi connectivity index (χ4n) is 2.41. The first-order chi connectivity index (χ1) is 8.00. The van der Waals surface area contributed by atoms with Gasteiger partial charge in [-0.15, -0.1) is 0 Å². The Labute approximate surface area is 100 Å². The predicted octanol–water partition coefficient (Wildman–Crippen LogP) is 2.74. The van der Waals surface area contributed by atoms with Crippen LogP contribution in [0.5, 0.6) is 0 Å². The van der Waals surface area contributed by atoms with Crippen LogP contribution in [-0.4, -0.2) is 19.5 Å². The van der Waals surface area contributed by atoms with E-state index in [9.17, 15) is 8.78 Å². The van der Waals surface area contributed by atoms with Gasteiger partial charge in [0.1, 0.15) is 0 Å². The molecule has 0 fully saturated rings. The molecule has 0 bridgehead atoms. The third-order valence-electron chi connectivity index (χ3n) is 3.16. The van der Waals surface area contributed by atoms with E-state index in [0.717, 1.165) is 17.8 Å². The summed E-state index contributed by atoms with van der Waals surface area (Å²) < 4.78 is 24.2. The fraction of sp³-hybridized carbons (Fsp3) is 0.538. The van der Waals surface area contributed by atoms with Crippen LogP contribution in [0.4, 0.5) is 14.5 Å². The monoisotopic (exact) mass is 240 g/mol. The standard InChI is InChI=1S/C13H18F2N2/c1-13(2)8-17-10-5-3-4-9(12(10)13)6-16-7-11(14)15/h3-5,11,16-17H,6-8H2,1-2H3. The second kappa shape index (κ2) is 4.61. The van der Waals surface area contributed by atoms with Crippen LogP contribution < -0.4 is 10.6 Å². The highest BCUT2D eigenvalue weighted by Gasteiger charge is 2.31. The maximum atomic E-state index is 12.1. The summed E-state index contributed by atoms with van der Waals surface area (Å²) in [6.45, 7) is 5.48. The van der Waals surface area contributed by atoms with Crippen molar-refractivity contribution in [2.75, 3.05) is 18.4 Å². The average molecular weight is 240 g/mol. The van der Waals surface area contributed by atoms with Crippen molar-refractivity contribution in [3.05, 3.63) is 29.3 Å². The van der Waals surface area contributed by atoms with Crippen LogP contribution in [0.25, 0.3) is 0 Å². The zero-order chi connectivity index (χ0) is 12.5. The van der Waals surface area contributed by atoms with Gasteiger partial charge in [-0.3, -0.25) is 0 Å². The number of nitrogens with one attached hydrogen (secondary N) is 2. The summed E-state index contributed by atoms with van der Waals surface area (Å²) in [6.07, 6.45) is -2.29. The van der Waals surface area contributed by atoms with Crippen LogP contribution in [0.3, 0.4) is 0 Å². The molecule has 0 radical (unpaired) electrons. The molecule has 2 nitrogen and oxygen atoms in total. The molecule has 0 saturated heterocycles. The molecular weight excluding hydrogens is 222 g/mol. The Hall–Kier alpha value is -1.16. The van der Waals surface area contributed by atoms with E-state index < -0.39 is 6.43 Å². The third-order valence-corrected chi connectivity index (χ3v) is 3.16. The van der Waals surface area contributed by atoms with Gasteiger partial charge >= 0.3 is 0 Å². The van der Waals surface area contributed by atoms with E-state index in [4.69, 9.17) is 0 Å². The van der Waals surface area contributed by atoms with Gasteiger partial charge in [-0.05, 0) is 17.2 Å². The zero-order valence-corrected chi connectivity index (χ0v) is 10.2. The van der Waals surface area contributed by atoms with Crippen molar-refractivity contribution >= 4 is 5.69 Å². The number of anilines is 1. The molecule has 1 aromatic rings. The molecule has 1 aliphatic rings. The molecule has 17 heavy (non-hydrogen) atoms. The number of alkyl halides is 2. The number of fused-ring (bicyclic) bond motifs is 1. The summed E-state index contributed by atoms with van der Waals surface area (Å²) in [5, 5.41) is 6.14. The molecule has 94 valence electrons. The minimum absolute atomic E-state index is 0.0679. The number of rotatable bonds is 4. The largest absolute Gasteiger partial charge is 0.384 e. The molecule has 4 heteroatoms. The van der Waals surface area contributed by atoms with Gasteiger partial charge in [0.15, 0.2) is 0 Å². The van der Waals surface area contributed by atoms with Gasteiger partial charge in [0.25, 0.3) is 6.43 Å². The quantitative estimate of drug-likeness (QED) is 0.845. The Morgan fingerprint density at radius 1 is 1.41 bits per heavy atom. The van der Waals surface area contributed by atoms with Crippen LogP contribution in [0.1, 0.15) is 25.0 Å². The van der Waals surface area contributed by atoms with Gasteiger partial charge < -0.3 is 10.6 Å². The molecule has 2 N–H and O–H groups in total. The first kappa shape index (κ1) is 12.3. The van der Waals surface area contributed by atoms with Crippen molar-refractivity contribution < 1.29 is 8.78 Å². The van der Waals surface area contributed by atoms with E-state index in [1.54, 1.807) is 0 Å². The minimum Gasteiger partial charge on any atom is -0.384 e. The van der Waals surface area contributed by atoms with Gasteiger partial charge in [-0.25, -0.2) is 8.78 Å². The van der Waals surface area contributed by atoms with Crippen molar-refractivity contribution in [1.29, 1.82) is 0 Å². The van der Waals surface area contributed by atoms with Crippen molar-refractivity contribution in [3.8, 4) is 0 Å². The van der Waals surface area contributed by atoms with E-state index in [1.807, 2.05) is 18.2 Å². The second-order valence-corrected chi connectivity index (χ2v) is 5.10. The second-order valence-electron chi connectivity index (χ2n) is 5.10. The van der Waals surface area contributed by atoms with Crippen molar-refractivity contribution in [2.24, 2.45) is 0 Å². The maximum Gasteiger partial charge on any atom is 0.250 e. The van der Waals surface area contributed by atoms with Crippen molar-refractivity contribution in [1.82, 2.24) is 5.32 Å². The van der Waals surface area contributed by atoms with Gasteiger partial charge in [0.2, 0.25) is 0 Å². The van der Waals surface area contributed by atoms with E-state index >= 15 is 0 Å². The molecule has 0 saturated carbocycles. The van der Waals surface area contributed by atoms with Gasteiger partial charge in [0.05, 0.1) is 6.54 Å². The van der Waals surface area contributed by atoms with E-state index in [0.29, 0.717) is 6.54 Å². The summed E-state index contributed by atoms with van der Waals surface area (Å²) in [7, 11) is 0. The summed E-state index contributed by atoms with van der Waals surface area (Å²) in [4.78, 5) is 0. The van der Waals surface area contributed by atoms with Crippen LogP contribution in [0, 0.1) is 0 Å². The van der Waals surface area contributed by atoms with E-state index in [2.05, 4.69) is 24.5 Å². The summed E-state index contributed by atoms with van der Waals surface area (Å²) in [5.41, 5.74) is 3.56. The summed E-state index contributed by atoms with van der Waals surface area (Å²) >= 11 is 0. The third kappa shape index (κ3) is 2.57. The van der Waals surface area contributed by atoms with Gasteiger partial charge in [0, 0.05) is 24.2 Å². The lowest BCUT2D eigenvalue weighted by molar-refractivity contribution is 0.145. The molecular formula is C13H18F2N2. The Morgan fingerprint density at radius 3 is 2.88 bits per heavy atom. The fourth-order valence-corrected chi connectivity index (χ4v) is 2.41. The number of halogens is 2. The molecule has 0 amide bonds. The summed E-state index contributed by atoms with van der Waals surface area (Å²) in [5.74, 6) is 0. The lowest BCUT2D eigenvalue weighted by Crippen LogP contribution is -2.24. The highest BCUT2D eigenvalue weighted by atomic mass is 19.3. The normalized spacial score (nSPS) is 17.0. The maximum absolute atomic E-state index is 12.1. The van der Waals surface area contributed by atoms with E-state index in [-0.39, 0.29) is 12.0 Å². The van der Waals surface area contributed by atoms with Gasteiger partial charge in [-0.2, -0.15) is 0 Å². The first-order valence-electron chi connectivity index (χ1n) is 5.86. The topological polar surface area (TPSA) is 24.1 Å². The first-order valence-corrected chi connectivity index (χ1v) is 5.86. The van der Waals surface area contributed by atoms with Crippen LogP contribution in [-0.2, 0) is 12.0 Å². The molecule has 0 aliphatic carbocycles.